The predicted molar refractivity (Wildman–Crippen MR) is 144 cm³/mol. The first-order valence-corrected chi connectivity index (χ1v) is 13.5. The molecule has 206 valence electrons. The van der Waals surface area contributed by atoms with Crippen LogP contribution in [-0.4, -0.2) is 58.9 Å². The van der Waals surface area contributed by atoms with Crippen LogP contribution in [0.5, 0.6) is 0 Å². The molecule has 3 saturated heterocycles. The van der Waals surface area contributed by atoms with Crippen molar-refractivity contribution in [3.8, 4) is 0 Å². The highest BCUT2D eigenvalue weighted by Gasteiger charge is 2.80. The highest BCUT2D eigenvalue weighted by molar-refractivity contribution is 5.90. The summed E-state index contributed by atoms with van der Waals surface area (Å²) in [6.07, 6.45) is 3.33. The molecule has 0 radical (unpaired) electrons. The smallest absolute Gasteiger partial charge is 0.316 e. The molecule has 2 aromatic heterocycles. The summed E-state index contributed by atoms with van der Waals surface area (Å²) in [5.74, 6) is -1.44. The lowest BCUT2D eigenvalue weighted by Crippen LogP contribution is -2.61. The number of carbonyl (C=O) groups excluding carboxylic acids is 2. The first-order valence-electron chi connectivity index (χ1n) is 13.5. The predicted octanol–water partition coefficient (Wildman–Crippen LogP) is 3.95. The van der Waals surface area contributed by atoms with Gasteiger partial charge in [-0.25, -0.2) is 9.50 Å². The van der Waals surface area contributed by atoms with Gasteiger partial charge in [-0.2, -0.15) is 0 Å². The summed E-state index contributed by atoms with van der Waals surface area (Å²) >= 11 is 0. The Morgan fingerprint density at radius 2 is 1.92 bits per heavy atom. The molecule has 9 heteroatoms. The largest absolute Gasteiger partial charge is 0.469 e. The third-order valence-electron chi connectivity index (χ3n) is 8.72. The topological polar surface area (TPSA) is 95.3 Å². The molecule has 39 heavy (non-hydrogen) atoms. The van der Waals surface area contributed by atoms with E-state index in [0.29, 0.717) is 11.5 Å². The molecule has 0 amide bonds. The van der Waals surface area contributed by atoms with E-state index in [1.165, 1.54) is 12.7 Å². The lowest BCUT2D eigenvalue weighted by molar-refractivity contribution is -0.195. The van der Waals surface area contributed by atoms with Crippen LogP contribution in [0, 0.1) is 18.3 Å². The third-order valence-corrected chi connectivity index (χ3v) is 8.72. The number of aryl methyl sites for hydroxylation is 1. The number of carbonyl (C=O) groups is 2. The van der Waals surface area contributed by atoms with E-state index in [4.69, 9.17) is 24.3 Å². The van der Waals surface area contributed by atoms with Gasteiger partial charge in [0, 0.05) is 24.9 Å². The summed E-state index contributed by atoms with van der Waals surface area (Å²) in [4.78, 5) is 33.5. The second kappa shape index (κ2) is 8.52. The molecule has 1 saturated carbocycles. The fourth-order valence-electron chi connectivity index (χ4n) is 6.69. The van der Waals surface area contributed by atoms with Gasteiger partial charge in [-0.3, -0.25) is 9.59 Å². The molecule has 1 aliphatic carbocycles. The Morgan fingerprint density at radius 3 is 2.62 bits per heavy atom. The molecule has 9 nitrogen and oxygen atoms in total. The molecular weight excluding hydrogens is 496 g/mol. The number of benzene rings is 1. The highest BCUT2D eigenvalue weighted by atomic mass is 16.6. The van der Waals surface area contributed by atoms with Crippen LogP contribution in [0.4, 0.5) is 5.69 Å². The summed E-state index contributed by atoms with van der Waals surface area (Å²) in [5.41, 5.74) is 1.24. The van der Waals surface area contributed by atoms with Crippen molar-refractivity contribution < 1.29 is 23.8 Å². The van der Waals surface area contributed by atoms with Crippen molar-refractivity contribution in [3.05, 3.63) is 59.5 Å². The van der Waals surface area contributed by atoms with E-state index in [9.17, 15) is 9.59 Å². The molecule has 4 fully saturated rings. The molecule has 3 aliphatic heterocycles. The van der Waals surface area contributed by atoms with Crippen LogP contribution in [-0.2, 0) is 34.8 Å². The SMILES string of the molecule is COC(=O)C1C2(C(=O)OC(C)(C)C)COC1(c1nc3c(C)cc(N4CC[C@](C)(c5ccccc5)C4)cn3n1)C2. The van der Waals surface area contributed by atoms with E-state index >= 15 is 0 Å². The fourth-order valence-corrected chi connectivity index (χ4v) is 6.69. The molecular formula is C30H36N4O5. The number of hydrogen-bond acceptors (Lipinski definition) is 8. The normalized spacial score (nSPS) is 29.9. The molecule has 5 heterocycles. The lowest BCUT2D eigenvalue weighted by Gasteiger charge is -2.47. The Balaban J connectivity index is 1.32. The minimum atomic E-state index is -1.12. The number of rotatable bonds is 5. The van der Waals surface area contributed by atoms with Gasteiger partial charge in [-0.1, -0.05) is 37.3 Å². The van der Waals surface area contributed by atoms with Crippen molar-refractivity contribution in [1.82, 2.24) is 14.6 Å². The van der Waals surface area contributed by atoms with Crippen LogP contribution in [0.2, 0.25) is 0 Å². The summed E-state index contributed by atoms with van der Waals surface area (Å²) in [6, 6.07) is 12.8. The molecule has 2 bridgehead atoms. The molecule has 7 rings (SSSR count). The van der Waals surface area contributed by atoms with Crippen molar-refractivity contribution in [2.75, 3.05) is 31.7 Å². The van der Waals surface area contributed by atoms with Crippen LogP contribution in [0.1, 0.15) is 57.5 Å². The van der Waals surface area contributed by atoms with Gasteiger partial charge >= 0.3 is 11.9 Å². The van der Waals surface area contributed by atoms with Crippen LogP contribution >= 0.6 is 0 Å². The zero-order chi connectivity index (χ0) is 27.8. The van der Waals surface area contributed by atoms with Gasteiger partial charge in [0.2, 0.25) is 0 Å². The van der Waals surface area contributed by atoms with Gasteiger partial charge in [-0.15, -0.1) is 5.10 Å². The maximum Gasteiger partial charge on any atom is 0.316 e. The zero-order valence-electron chi connectivity index (χ0n) is 23.5. The van der Waals surface area contributed by atoms with Crippen molar-refractivity contribution in [2.45, 2.75) is 64.1 Å². The van der Waals surface area contributed by atoms with E-state index < -0.39 is 34.5 Å². The van der Waals surface area contributed by atoms with E-state index in [0.717, 1.165) is 30.8 Å². The average molecular weight is 533 g/mol. The van der Waals surface area contributed by atoms with Crippen molar-refractivity contribution in [2.24, 2.45) is 11.3 Å². The Kier molecular flexibility index (Phi) is 5.63. The van der Waals surface area contributed by atoms with Crippen LogP contribution < -0.4 is 4.90 Å². The van der Waals surface area contributed by atoms with E-state index in [1.54, 1.807) is 4.52 Å². The number of anilines is 1. The van der Waals surface area contributed by atoms with Gasteiger partial charge in [0.1, 0.15) is 22.5 Å². The summed E-state index contributed by atoms with van der Waals surface area (Å²) in [7, 11) is 1.32. The number of aromatic nitrogens is 3. The van der Waals surface area contributed by atoms with E-state index in [1.807, 2.05) is 33.9 Å². The highest BCUT2D eigenvalue weighted by Crippen LogP contribution is 2.67. The molecule has 1 aromatic carbocycles. The summed E-state index contributed by atoms with van der Waals surface area (Å²) in [6.45, 7) is 11.7. The standard InChI is InChI=1S/C30H36N4O5/c1-19-14-21(33-13-12-28(5,17-33)20-10-8-7-9-11-20)15-34-23(19)31-25(32-34)30-16-29(18-38-30,22(30)24(35)37-6)26(36)39-27(2,3)4/h7-11,14-15,22H,12-13,16-18H2,1-6H3/t22?,28-,29?,30?/m0/s1. The molecule has 0 N–H and O–H groups in total. The molecule has 4 aliphatic rings. The van der Waals surface area contributed by atoms with Gasteiger partial charge in [0.15, 0.2) is 11.5 Å². The second-order valence-corrected chi connectivity index (χ2v) is 12.7. The number of esters is 2. The zero-order valence-corrected chi connectivity index (χ0v) is 23.5. The van der Waals surface area contributed by atoms with Gasteiger partial charge in [0.25, 0.3) is 0 Å². The number of ether oxygens (including phenoxy) is 3. The maximum atomic E-state index is 13.2. The Hall–Kier alpha value is -3.46. The number of hydrogen-bond donors (Lipinski definition) is 0. The van der Waals surface area contributed by atoms with Crippen LogP contribution in [0.25, 0.3) is 5.65 Å². The number of pyridine rings is 1. The van der Waals surface area contributed by atoms with E-state index in [-0.39, 0.29) is 18.4 Å². The van der Waals surface area contributed by atoms with Crippen molar-refractivity contribution in [3.63, 3.8) is 0 Å². The Labute approximate surface area is 228 Å². The molecule has 0 spiro atoms. The Bertz CT molecular complexity index is 1460. The van der Waals surface area contributed by atoms with E-state index in [2.05, 4.69) is 48.2 Å². The third kappa shape index (κ3) is 3.84. The van der Waals surface area contributed by atoms with Crippen LogP contribution in [0.15, 0.2) is 42.6 Å². The minimum absolute atomic E-state index is 0.0628. The molecule has 4 atom stereocenters. The van der Waals surface area contributed by atoms with Crippen molar-refractivity contribution in [1.29, 1.82) is 0 Å². The van der Waals surface area contributed by atoms with Crippen molar-refractivity contribution >= 4 is 23.3 Å². The fraction of sp³-hybridized carbons (Fsp3) is 0.533. The lowest BCUT2D eigenvalue weighted by atomic mass is 9.53. The summed E-state index contributed by atoms with van der Waals surface area (Å²) in [5, 5.41) is 4.82. The second-order valence-electron chi connectivity index (χ2n) is 12.7. The molecule has 3 unspecified atom stereocenters. The average Bonchev–Trinajstić information content (AvgIpc) is 3.64. The minimum Gasteiger partial charge on any atom is -0.469 e. The monoisotopic (exact) mass is 532 g/mol. The first kappa shape index (κ1) is 25.8. The first-order chi connectivity index (χ1) is 18.4. The maximum absolute atomic E-state index is 13.2. The molecule has 3 aromatic rings. The van der Waals surface area contributed by atoms with Crippen LogP contribution in [0.3, 0.4) is 0 Å². The Morgan fingerprint density at radius 1 is 1.18 bits per heavy atom. The summed E-state index contributed by atoms with van der Waals surface area (Å²) < 4.78 is 18.8. The quantitative estimate of drug-likeness (QED) is 0.456. The number of methoxy groups -OCH3 is 1. The number of fused-ring (bicyclic) bond motifs is 2. The number of nitrogens with zero attached hydrogens (tertiary/aromatic N) is 4. The van der Waals surface area contributed by atoms with Gasteiger partial charge in [-0.05, 0) is 51.3 Å². The van der Waals surface area contributed by atoms with Gasteiger partial charge in [0.05, 0.1) is 25.6 Å². The van der Waals surface area contributed by atoms with Gasteiger partial charge < -0.3 is 19.1 Å².